The summed E-state index contributed by atoms with van der Waals surface area (Å²) in [5.74, 6) is 0. The zero-order valence-corrected chi connectivity index (χ0v) is 11.0. The molecule has 2 aromatic rings. The molecule has 0 aliphatic heterocycles. The predicted molar refractivity (Wildman–Crippen MR) is 68.1 cm³/mol. The Balaban J connectivity index is 2.11. The van der Waals surface area contributed by atoms with E-state index in [0.29, 0.717) is 0 Å². The first-order valence-electron chi connectivity index (χ1n) is 5.57. The van der Waals surface area contributed by atoms with Crippen LogP contribution >= 0.6 is 11.3 Å². The lowest BCUT2D eigenvalue weighted by atomic mass is 10.2. The van der Waals surface area contributed by atoms with Crippen molar-refractivity contribution in [1.82, 2.24) is 20.2 Å². The standard InChI is InChI=1S/C11H15N5S/c1-4-9-15-16-11(17-9)14-8(3)10-7(2)12-5-6-13-10/h5-6,8H,4H2,1-3H3,(H,14,16). The van der Waals surface area contributed by atoms with E-state index in [-0.39, 0.29) is 6.04 Å². The van der Waals surface area contributed by atoms with Crippen LogP contribution in [-0.4, -0.2) is 20.2 Å². The smallest absolute Gasteiger partial charge is 0.206 e. The lowest BCUT2D eigenvalue weighted by Crippen LogP contribution is -2.10. The quantitative estimate of drug-likeness (QED) is 0.901. The van der Waals surface area contributed by atoms with Crippen LogP contribution < -0.4 is 5.32 Å². The average molecular weight is 249 g/mol. The van der Waals surface area contributed by atoms with Crippen molar-refractivity contribution in [3.8, 4) is 0 Å². The summed E-state index contributed by atoms with van der Waals surface area (Å²) >= 11 is 1.58. The number of hydrogen-bond acceptors (Lipinski definition) is 6. The Labute approximate surface area is 104 Å². The van der Waals surface area contributed by atoms with Crippen molar-refractivity contribution in [2.75, 3.05) is 5.32 Å². The van der Waals surface area contributed by atoms with Gasteiger partial charge in [0.05, 0.1) is 17.4 Å². The zero-order valence-electron chi connectivity index (χ0n) is 10.1. The van der Waals surface area contributed by atoms with Gasteiger partial charge in [-0.3, -0.25) is 9.97 Å². The highest BCUT2D eigenvalue weighted by Gasteiger charge is 2.12. The van der Waals surface area contributed by atoms with Crippen LogP contribution in [0.15, 0.2) is 12.4 Å². The first-order chi connectivity index (χ1) is 8.20. The third kappa shape index (κ3) is 2.76. The minimum Gasteiger partial charge on any atom is -0.352 e. The van der Waals surface area contributed by atoms with Crippen LogP contribution in [0.3, 0.4) is 0 Å². The molecular weight excluding hydrogens is 234 g/mol. The van der Waals surface area contributed by atoms with Crippen molar-refractivity contribution in [3.05, 3.63) is 28.8 Å². The summed E-state index contributed by atoms with van der Waals surface area (Å²) < 4.78 is 0. The van der Waals surface area contributed by atoms with Gasteiger partial charge in [-0.05, 0) is 20.3 Å². The molecule has 2 aromatic heterocycles. The number of nitrogens with one attached hydrogen (secondary N) is 1. The minimum absolute atomic E-state index is 0.0846. The fourth-order valence-corrected chi connectivity index (χ4v) is 2.32. The van der Waals surface area contributed by atoms with E-state index in [1.807, 2.05) is 13.8 Å². The second kappa shape index (κ2) is 5.18. The molecule has 6 heteroatoms. The van der Waals surface area contributed by atoms with Gasteiger partial charge >= 0.3 is 0 Å². The lowest BCUT2D eigenvalue weighted by Gasteiger charge is -2.13. The van der Waals surface area contributed by atoms with Gasteiger partial charge in [0.2, 0.25) is 5.13 Å². The number of anilines is 1. The van der Waals surface area contributed by atoms with E-state index in [1.54, 1.807) is 23.7 Å². The van der Waals surface area contributed by atoms with E-state index in [9.17, 15) is 0 Å². The molecule has 5 nitrogen and oxygen atoms in total. The van der Waals surface area contributed by atoms with Crippen LogP contribution in [0.1, 0.15) is 36.3 Å². The second-order valence-corrected chi connectivity index (χ2v) is 4.81. The molecule has 0 aliphatic carbocycles. The summed E-state index contributed by atoms with van der Waals surface area (Å²) in [4.78, 5) is 8.56. The Morgan fingerprint density at radius 3 is 2.71 bits per heavy atom. The fraction of sp³-hybridized carbons (Fsp3) is 0.455. The topological polar surface area (TPSA) is 63.6 Å². The Hall–Kier alpha value is -1.56. The maximum Gasteiger partial charge on any atom is 0.206 e. The molecule has 0 aromatic carbocycles. The first-order valence-corrected chi connectivity index (χ1v) is 6.38. The van der Waals surface area contributed by atoms with E-state index in [1.165, 1.54) is 0 Å². The highest BCUT2D eigenvalue weighted by Crippen LogP contribution is 2.22. The molecule has 0 saturated heterocycles. The normalized spacial score (nSPS) is 12.4. The molecule has 2 rings (SSSR count). The van der Waals surface area contributed by atoms with E-state index >= 15 is 0 Å². The molecule has 1 unspecified atom stereocenters. The van der Waals surface area contributed by atoms with Crippen LogP contribution in [0.25, 0.3) is 0 Å². The number of rotatable bonds is 4. The Bertz CT molecular complexity index is 496. The highest BCUT2D eigenvalue weighted by molar-refractivity contribution is 7.15. The van der Waals surface area contributed by atoms with Crippen molar-refractivity contribution >= 4 is 16.5 Å². The van der Waals surface area contributed by atoms with Crippen LogP contribution in [0.4, 0.5) is 5.13 Å². The first kappa shape index (κ1) is 11.9. The summed E-state index contributed by atoms with van der Waals surface area (Å²) in [5.41, 5.74) is 1.88. The summed E-state index contributed by atoms with van der Waals surface area (Å²) in [6.45, 7) is 6.07. The monoisotopic (exact) mass is 249 g/mol. The van der Waals surface area contributed by atoms with Gasteiger partial charge in [0, 0.05) is 12.4 Å². The Morgan fingerprint density at radius 1 is 1.29 bits per heavy atom. The minimum atomic E-state index is 0.0846. The molecule has 1 atom stereocenters. The summed E-state index contributed by atoms with van der Waals surface area (Å²) in [6.07, 6.45) is 4.32. The Kier molecular flexibility index (Phi) is 3.63. The molecule has 0 aliphatic rings. The van der Waals surface area contributed by atoms with Gasteiger partial charge in [-0.2, -0.15) is 0 Å². The van der Waals surface area contributed by atoms with Crippen molar-refractivity contribution in [2.45, 2.75) is 33.2 Å². The van der Waals surface area contributed by atoms with Crippen LogP contribution in [0, 0.1) is 6.92 Å². The molecule has 17 heavy (non-hydrogen) atoms. The maximum atomic E-state index is 4.33. The van der Waals surface area contributed by atoms with Gasteiger partial charge in [-0.1, -0.05) is 18.3 Å². The number of aromatic nitrogens is 4. The number of hydrogen-bond donors (Lipinski definition) is 1. The summed E-state index contributed by atoms with van der Waals surface area (Å²) in [6, 6.07) is 0.0846. The highest BCUT2D eigenvalue weighted by atomic mass is 32.1. The maximum absolute atomic E-state index is 4.33. The molecule has 0 radical (unpaired) electrons. The largest absolute Gasteiger partial charge is 0.352 e. The molecule has 1 N–H and O–H groups in total. The van der Waals surface area contributed by atoms with Gasteiger partial charge in [0.25, 0.3) is 0 Å². The zero-order chi connectivity index (χ0) is 12.3. The second-order valence-electron chi connectivity index (χ2n) is 3.75. The van der Waals surface area contributed by atoms with Gasteiger partial charge in [-0.15, -0.1) is 10.2 Å². The van der Waals surface area contributed by atoms with E-state index in [2.05, 4.69) is 32.4 Å². The van der Waals surface area contributed by atoms with E-state index in [0.717, 1.165) is 27.9 Å². The molecule has 0 saturated carbocycles. The van der Waals surface area contributed by atoms with Crippen LogP contribution in [0.2, 0.25) is 0 Å². The molecule has 0 spiro atoms. The predicted octanol–water partition coefficient (Wildman–Crippen LogP) is 2.37. The van der Waals surface area contributed by atoms with Gasteiger partial charge in [-0.25, -0.2) is 0 Å². The SMILES string of the molecule is CCc1nnc(NC(C)c2nccnc2C)s1. The van der Waals surface area contributed by atoms with Gasteiger partial charge in [0.1, 0.15) is 5.01 Å². The fourth-order valence-electron chi connectivity index (χ4n) is 1.55. The summed E-state index contributed by atoms with van der Waals surface area (Å²) in [5, 5.41) is 13.3. The number of aryl methyl sites for hydroxylation is 2. The number of nitrogens with zero attached hydrogens (tertiary/aromatic N) is 4. The van der Waals surface area contributed by atoms with E-state index in [4.69, 9.17) is 0 Å². The van der Waals surface area contributed by atoms with Crippen molar-refractivity contribution < 1.29 is 0 Å². The van der Waals surface area contributed by atoms with Crippen LogP contribution in [0.5, 0.6) is 0 Å². The average Bonchev–Trinajstić information content (AvgIpc) is 2.77. The van der Waals surface area contributed by atoms with Crippen molar-refractivity contribution in [3.63, 3.8) is 0 Å². The Morgan fingerprint density at radius 2 is 2.06 bits per heavy atom. The van der Waals surface area contributed by atoms with Gasteiger partial charge in [0.15, 0.2) is 0 Å². The van der Waals surface area contributed by atoms with Crippen molar-refractivity contribution in [2.24, 2.45) is 0 Å². The van der Waals surface area contributed by atoms with Crippen LogP contribution in [-0.2, 0) is 6.42 Å². The lowest BCUT2D eigenvalue weighted by molar-refractivity contribution is 0.804. The van der Waals surface area contributed by atoms with Gasteiger partial charge < -0.3 is 5.32 Å². The molecule has 0 amide bonds. The molecular formula is C11H15N5S. The third-order valence-electron chi connectivity index (χ3n) is 2.44. The molecule has 90 valence electrons. The molecule has 0 fully saturated rings. The molecule has 2 heterocycles. The summed E-state index contributed by atoms with van der Waals surface area (Å²) in [7, 11) is 0. The van der Waals surface area contributed by atoms with Crippen molar-refractivity contribution in [1.29, 1.82) is 0 Å². The third-order valence-corrected chi connectivity index (χ3v) is 3.44. The van der Waals surface area contributed by atoms with E-state index < -0.39 is 0 Å². The molecule has 0 bridgehead atoms.